The van der Waals surface area contributed by atoms with Crippen LogP contribution in [0.3, 0.4) is 0 Å². The van der Waals surface area contributed by atoms with Crippen molar-refractivity contribution in [1.29, 1.82) is 0 Å². The molecule has 18 heavy (non-hydrogen) atoms. The Hall–Kier alpha value is -1.34. The topological polar surface area (TPSA) is 75.5 Å². The Morgan fingerprint density at radius 2 is 2.22 bits per heavy atom. The molecule has 2 heterocycles. The highest BCUT2D eigenvalue weighted by Gasteiger charge is 2.15. The van der Waals surface area contributed by atoms with E-state index < -0.39 is 5.97 Å². The Labute approximate surface area is 109 Å². The van der Waals surface area contributed by atoms with Gasteiger partial charge in [0.05, 0.1) is 19.0 Å². The Morgan fingerprint density at radius 1 is 1.50 bits per heavy atom. The standard InChI is InChI=1S/C11H15N3O3S/c1-8-6-9(18-7-10(15)16)13-11(12-8)14-2-4-17-5-3-14/h6H,2-5,7H2,1H3,(H,15,16). The third kappa shape index (κ3) is 3.58. The van der Waals surface area contributed by atoms with Crippen LogP contribution in [-0.4, -0.2) is 53.1 Å². The maximum atomic E-state index is 10.6. The van der Waals surface area contributed by atoms with Crippen LogP contribution in [0.2, 0.25) is 0 Å². The summed E-state index contributed by atoms with van der Waals surface area (Å²) < 4.78 is 5.28. The van der Waals surface area contributed by atoms with Crippen LogP contribution in [-0.2, 0) is 9.53 Å². The van der Waals surface area contributed by atoms with E-state index in [0.29, 0.717) is 24.2 Å². The van der Waals surface area contributed by atoms with E-state index in [0.717, 1.165) is 18.8 Å². The summed E-state index contributed by atoms with van der Waals surface area (Å²) >= 11 is 1.21. The molecule has 0 unspecified atom stereocenters. The highest BCUT2D eigenvalue weighted by atomic mass is 32.2. The first-order valence-corrected chi connectivity index (χ1v) is 6.66. The lowest BCUT2D eigenvalue weighted by Gasteiger charge is -2.27. The lowest BCUT2D eigenvalue weighted by molar-refractivity contribution is -0.133. The first-order chi connectivity index (χ1) is 8.65. The molecule has 0 amide bonds. The molecule has 0 spiro atoms. The maximum Gasteiger partial charge on any atom is 0.313 e. The van der Waals surface area contributed by atoms with Gasteiger partial charge >= 0.3 is 5.97 Å². The first kappa shape index (κ1) is 13.1. The molecule has 1 saturated heterocycles. The van der Waals surface area contributed by atoms with E-state index in [1.54, 1.807) is 6.07 Å². The largest absolute Gasteiger partial charge is 0.481 e. The van der Waals surface area contributed by atoms with Crippen LogP contribution < -0.4 is 4.90 Å². The Morgan fingerprint density at radius 3 is 2.89 bits per heavy atom. The van der Waals surface area contributed by atoms with Crippen molar-refractivity contribution in [2.75, 3.05) is 37.0 Å². The summed E-state index contributed by atoms with van der Waals surface area (Å²) in [6.45, 7) is 4.78. The minimum atomic E-state index is -0.843. The molecule has 2 rings (SSSR count). The Kier molecular flexibility index (Phi) is 4.38. The predicted molar refractivity (Wildman–Crippen MR) is 68.2 cm³/mol. The van der Waals surface area contributed by atoms with Gasteiger partial charge in [0, 0.05) is 18.8 Å². The van der Waals surface area contributed by atoms with E-state index in [-0.39, 0.29) is 5.75 Å². The van der Waals surface area contributed by atoms with Crippen molar-refractivity contribution in [3.63, 3.8) is 0 Å². The van der Waals surface area contributed by atoms with E-state index in [4.69, 9.17) is 9.84 Å². The SMILES string of the molecule is Cc1cc(SCC(=O)O)nc(N2CCOCC2)n1. The molecule has 98 valence electrons. The van der Waals surface area contributed by atoms with Gasteiger partial charge in [-0.05, 0) is 13.0 Å². The number of hydrogen-bond donors (Lipinski definition) is 1. The number of nitrogens with zero attached hydrogens (tertiary/aromatic N) is 3. The second-order valence-electron chi connectivity index (χ2n) is 3.93. The number of aromatic nitrogens is 2. The quantitative estimate of drug-likeness (QED) is 0.640. The zero-order valence-corrected chi connectivity index (χ0v) is 10.9. The molecule has 0 aromatic carbocycles. The van der Waals surface area contributed by atoms with Crippen LogP contribution >= 0.6 is 11.8 Å². The van der Waals surface area contributed by atoms with Gasteiger partial charge in [-0.15, -0.1) is 0 Å². The van der Waals surface area contributed by atoms with Crippen molar-refractivity contribution in [3.8, 4) is 0 Å². The van der Waals surface area contributed by atoms with E-state index in [2.05, 4.69) is 14.9 Å². The van der Waals surface area contributed by atoms with E-state index in [9.17, 15) is 4.79 Å². The predicted octanol–water partition coefficient (Wildman–Crippen LogP) is 0.798. The fourth-order valence-electron chi connectivity index (χ4n) is 1.64. The van der Waals surface area contributed by atoms with Gasteiger partial charge in [0.1, 0.15) is 5.03 Å². The van der Waals surface area contributed by atoms with Gasteiger partial charge in [0.25, 0.3) is 0 Å². The van der Waals surface area contributed by atoms with Crippen molar-refractivity contribution >= 4 is 23.7 Å². The number of carboxylic acid groups (broad SMARTS) is 1. The van der Waals surface area contributed by atoms with Crippen molar-refractivity contribution < 1.29 is 14.6 Å². The summed E-state index contributed by atoms with van der Waals surface area (Å²) in [5.74, 6) is -0.172. The van der Waals surface area contributed by atoms with Crippen LogP contribution in [0.25, 0.3) is 0 Å². The summed E-state index contributed by atoms with van der Waals surface area (Å²) in [5, 5.41) is 9.37. The van der Waals surface area contributed by atoms with Crippen LogP contribution in [0.1, 0.15) is 5.69 Å². The molecule has 1 aliphatic heterocycles. The number of anilines is 1. The summed E-state index contributed by atoms with van der Waals surface area (Å²) in [6, 6.07) is 1.80. The summed E-state index contributed by atoms with van der Waals surface area (Å²) in [5.41, 5.74) is 0.847. The summed E-state index contributed by atoms with van der Waals surface area (Å²) in [7, 11) is 0. The molecule has 1 aromatic heterocycles. The van der Waals surface area contributed by atoms with Crippen LogP contribution in [0.15, 0.2) is 11.1 Å². The number of thioether (sulfide) groups is 1. The molecule has 6 nitrogen and oxygen atoms in total. The highest BCUT2D eigenvalue weighted by molar-refractivity contribution is 7.99. The fourth-order valence-corrected chi connectivity index (χ4v) is 2.31. The van der Waals surface area contributed by atoms with Gasteiger partial charge in [0.2, 0.25) is 5.95 Å². The molecular weight excluding hydrogens is 254 g/mol. The molecule has 0 atom stereocenters. The maximum absolute atomic E-state index is 10.6. The third-order valence-corrected chi connectivity index (χ3v) is 3.35. The van der Waals surface area contributed by atoms with Crippen LogP contribution in [0.5, 0.6) is 0 Å². The average molecular weight is 269 g/mol. The Balaban J connectivity index is 2.12. The normalized spacial score (nSPS) is 15.7. The van der Waals surface area contributed by atoms with Crippen LogP contribution in [0, 0.1) is 6.92 Å². The molecule has 0 bridgehead atoms. The molecule has 7 heteroatoms. The number of morpholine rings is 1. The number of ether oxygens (including phenoxy) is 1. The molecular formula is C11H15N3O3S. The number of hydrogen-bond acceptors (Lipinski definition) is 6. The number of carbonyl (C=O) groups is 1. The molecule has 1 fully saturated rings. The average Bonchev–Trinajstić information content (AvgIpc) is 2.37. The summed E-state index contributed by atoms with van der Waals surface area (Å²) in [4.78, 5) is 21.4. The summed E-state index contributed by atoms with van der Waals surface area (Å²) in [6.07, 6.45) is 0. The van der Waals surface area contributed by atoms with Crippen molar-refractivity contribution in [3.05, 3.63) is 11.8 Å². The van der Waals surface area contributed by atoms with Gasteiger partial charge in [-0.25, -0.2) is 9.97 Å². The second-order valence-corrected chi connectivity index (χ2v) is 4.93. The van der Waals surface area contributed by atoms with Crippen molar-refractivity contribution in [1.82, 2.24) is 9.97 Å². The molecule has 1 aliphatic rings. The monoisotopic (exact) mass is 269 g/mol. The van der Waals surface area contributed by atoms with Crippen molar-refractivity contribution in [2.45, 2.75) is 11.9 Å². The van der Waals surface area contributed by atoms with Gasteiger partial charge in [-0.1, -0.05) is 11.8 Å². The van der Waals surface area contributed by atoms with Gasteiger partial charge in [0.15, 0.2) is 0 Å². The number of rotatable bonds is 4. The van der Waals surface area contributed by atoms with Crippen LogP contribution in [0.4, 0.5) is 5.95 Å². The van der Waals surface area contributed by atoms with Gasteiger partial charge in [-0.3, -0.25) is 4.79 Å². The minimum absolute atomic E-state index is 0.0129. The molecule has 1 N–H and O–H groups in total. The van der Waals surface area contributed by atoms with Gasteiger partial charge < -0.3 is 14.7 Å². The molecule has 0 aliphatic carbocycles. The lowest BCUT2D eigenvalue weighted by atomic mass is 10.4. The Bertz CT molecular complexity index is 436. The van der Waals surface area contributed by atoms with E-state index in [1.807, 2.05) is 6.92 Å². The highest BCUT2D eigenvalue weighted by Crippen LogP contribution is 2.20. The first-order valence-electron chi connectivity index (χ1n) is 5.68. The second kappa shape index (κ2) is 6.01. The number of carboxylic acids is 1. The minimum Gasteiger partial charge on any atom is -0.481 e. The zero-order valence-electron chi connectivity index (χ0n) is 10.1. The van der Waals surface area contributed by atoms with Gasteiger partial charge in [-0.2, -0.15) is 0 Å². The lowest BCUT2D eigenvalue weighted by Crippen LogP contribution is -2.37. The number of aliphatic carboxylic acids is 1. The molecule has 0 radical (unpaired) electrons. The third-order valence-electron chi connectivity index (χ3n) is 2.46. The van der Waals surface area contributed by atoms with E-state index in [1.165, 1.54) is 11.8 Å². The number of aryl methyl sites for hydroxylation is 1. The smallest absolute Gasteiger partial charge is 0.313 e. The zero-order chi connectivity index (χ0) is 13.0. The van der Waals surface area contributed by atoms with E-state index >= 15 is 0 Å². The van der Waals surface area contributed by atoms with Crippen molar-refractivity contribution in [2.24, 2.45) is 0 Å². The molecule has 1 aromatic rings. The fraction of sp³-hybridized carbons (Fsp3) is 0.545. The molecule has 0 saturated carbocycles.